The number of hydrogen-bond donors (Lipinski definition) is 2. The molecular weight excluding hydrogens is 202 g/mol. The van der Waals surface area contributed by atoms with Gasteiger partial charge >= 0.3 is 0 Å². The minimum absolute atomic E-state index is 0.0793. The molecule has 0 radical (unpaired) electrons. The summed E-state index contributed by atoms with van der Waals surface area (Å²) >= 11 is 5.86. The van der Waals surface area contributed by atoms with Crippen LogP contribution in [0.2, 0.25) is 5.02 Å². The second-order valence-electron chi connectivity index (χ2n) is 2.93. The van der Waals surface area contributed by atoms with Crippen LogP contribution in [0.5, 0.6) is 5.75 Å². The van der Waals surface area contributed by atoms with Gasteiger partial charge < -0.3 is 10.4 Å². The van der Waals surface area contributed by atoms with E-state index in [-0.39, 0.29) is 11.7 Å². The maximum atomic E-state index is 11.5. The molecule has 2 N–H and O–H groups in total. The number of aromatic hydroxyl groups is 1. The Kier molecular flexibility index (Phi) is 3.36. The lowest BCUT2D eigenvalue weighted by Crippen LogP contribution is -2.23. The summed E-state index contributed by atoms with van der Waals surface area (Å²) in [6.07, 6.45) is 0. The second-order valence-corrected chi connectivity index (χ2v) is 3.33. The fourth-order valence-electron chi connectivity index (χ4n) is 1.20. The van der Waals surface area contributed by atoms with Gasteiger partial charge in [0.2, 0.25) is 0 Å². The van der Waals surface area contributed by atoms with Crippen molar-refractivity contribution in [2.75, 3.05) is 6.54 Å². The number of phenols is 1. The van der Waals surface area contributed by atoms with Gasteiger partial charge in [-0.2, -0.15) is 0 Å². The van der Waals surface area contributed by atoms with Gasteiger partial charge in [-0.05, 0) is 26.0 Å². The lowest BCUT2D eigenvalue weighted by Gasteiger charge is -2.09. The van der Waals surface area contributed by atoms with E-state index < -0.39 is 0 Å². The summed E-state index contributed by atoms with van der Waals surface area (Å²) in [6, 6.07) is 2.98. The standard InChI is InChI=1S/C10H12ClNO2/c1-3-12-10(14)9-6(2)8(13)5-4-7(9)11/h4-5,13H,3H2,1-2H3,(H,12,14). The summed E-state index contributed by atoms with van der Waals surface area (Å²) in [5.74, 6) is -0.179. The van der Waals surface area contributed by atoms with E-state index in [1.54, 1.807) is 6.92 Å². The van der Waals surface area contributed by atoms with Crippen LogP contribution in [0.25, 0.3) is 0 Å². The average molecular weight is 214 g/mol. The molecule has 0 atom stereocenters. The van der Waals surface area contributed by atoms with Crippen LogP contribution in [0.4, 0.5) is 0 Å². The zero-order chi connectivity index (χ0) is 10.7. The number of nitrogens with one attached hydrogen (secondary N) is 1. The number of amides is 1. The molecule has 1 amide bonds. The minimum Gasteiger partial charge on any atom is -0.508 e. The van der Waals surface area contributed by atoms with Crippen molar-refractivity contribution in [3.8, 4) is 5.75 Å². The van der Waals surface area contributed by atoms with Gasteiger partial charge in [-0.1, -0.05) is 11.6 Å². The van der Waals surface area contributed by atoms with Crippen LogP contribution in [0.3, 0.4) is 0 Å². The van der Waals surface area contributed by atoms with Crippen molar-refractivity contribution < 1.29 is 9.90 Å². The van der Waals surface area contributed by atoms with Crippen molar-refractivity contribution >= 4 is 17.5 Å². The van der Waals surface area contributed by atoms with E-state index in [4.69, 9.17) is 11.6 Å². The van der Waals surface area contributed by atoms with Crippen LogP contribution in [-0.2, 0) is 0 Å². The molecule has 0 spiro atoms. The fraction of sp³-hybridized carbons (Fsp3) is 0.300. The highest BCUT2D eigenvalue weighted by Gasteiger charge is 2.14. The number of benzene rings is 1. The predicted molar refractivity (Wildman–Crippen MR) is 55.9 cm³/mol. The molecule has 0 heterocycles. The SMILES string of the molecule is CCNC(=O)c1c(Cl)ccc(O)c1C. The van der Waals surface area contributed by atoms with Crippen LogP contribution in [-0.4, -0.2) is 17.6 Å². The van der Waals surface area contributed by atoms with Gasteiger partial charge in [-0.3, -0.25) is 4.79 Å². The Morgan fingerprint density at radius 1 is 1.57 bits per heavy atom. The van der Waals surface area contributed by atoms with E-state index in [9.17, 15) is 9.90 Å². The molecule has 0 aromatic heterocycles. The molecule has 0 aliphatic rings. The van der Waals surface area contributed by atoms with Crippen LogP contribution in [0.15, 0.2) is 12.1 Å². The summed E-state index contributed by atoms with van der Waals surface area (Å²) in [5.41, 5.74) is 0.844. The van der Waals surface area contributed by atoms with E-state index in [2.05, 4.69) is 5.32 Å². The average Bonchev–Trinajstić information content (AvgIpc) is 2.13. The molecule has 0 saturated heterocycles. The van der Waals surface area contributed by atoms with E-state index in [1.165, 1.54) is 12.1 Å². The summed E-state index contributed by atoms with van der Waals surface area (Å²) in [4.78, 5) is 11.5. The molecular formula is C10H12ClNO2. The Balaban J connectivity index is 3.18. The highest BCUT2D eigenvalue weighted by atomic mass is 35.5. The Labute approximate surface area is 87.7 Å². The third kappa shape index (κ3) is 1.99. The van der Waals surface area contributed by atoms with E-state index in [1.807, 2.05) is 6.92 Å². The van der Waals surface area contributed by atoms with Gasteiger partial charge in [0.1, 0.15) is 5.75 Å². The monoisotopic (exact) mass is 213 g/mol. The number of carbonyl (C=O) groups excluding carboxylic acids is 1. The maximum Gasteiger partial charge on any atom is 0.253 e. The second kappa shape index (κ2) is 4.33. The van der Waals surface area contributed by atoms with Gasteiger partial charge in [0.25, 0.3) is 5.91 Å². The Bertz CT molecular complexity index is 363. The molecule has 3 nitrogen and oxygen atoms in total. The van der Waals surface area contributed by atoms with Gasteiger partial charge in [0.15, 0.2) is 0 Å². The normalized spacial score (nSPS) is 9.93. The van der Waals surface area contributed by atoms with Crippen molar-refractivity contribution in [2.45, 2.75) is 13.8 Å². The third-order valence-electron chi connectivity index (χ3n) is 1.95. The summed E-state index contributed by atoms with van der Waals surface area (Å²) < 4.78 is 0. The van der Waals surface area contributed by atoms with Gasteiger partial charge in [-0.15, -0.1) is 0 Å². The lowest BCUT2D eigenvalue weighted by molar-refractivity contribution is 0.0955. The van der Waals surface area contributed by atoms with E-state index in [0.29, 0.717) is 22.7 Å². The number of phenolic OH excluding ortho intramolecular Hbond substituents is 1. The first-order chi connectivity index (χ1) is 6.57. The van der Waals surface area contributed by atoms with Crippen LogP contribution < -0.4 is 5.32 Å². The zero-order valence-electron chi connectivity index (χ0n) is 8.10. The fourth-order valence-corrected chi connectivity index (χ4v) is 1.49. The largest absolute Gasteiger partial charge is 0.508 e. The molecule has 1 aromatic rings. The first-order valence-electron chi connectivity index (χ1n) is 4.34. The summed E-state index contributed by atoms with van der Waals surface area (Å²) in [7, 11) is 0. The molecule has 76 valence electrons. The van der Waals surface area contributed by atoms with Crippen LogP contribution in [0, 0.1) is 6.92 Å². The molecule has 4 heteroatoms. The molecule has 0 bridgehead atoms. The number of rotatable bonds is 2. The Morgan fingerprint density at radius 3 is 2.79 bits per heavy atom. The summed E-state index contributed by atoms with van der Waals surface area (Å²) in [5, 5.41) is 12.4. The van der Waals surface area contributed by atoms with Crippen LogP contribution >= 0.6 is 11.6 Å². The quantitative estimate of drug-likeness (QED) is 0.791. The molecule has 0 aliphatic carbocycles. The molecule has 0 unspecified atom stereocenters. The van der Waals surface area contributed by atoms with Crippen molar-refractivity contribution in [2.24, 2.45) is 0 Å². The van der Waals surface area contributed by atoms with Crippen molar-refractivity contribution in [3.63, 3.8) is 0 Å². The molecule has 0 aliphatic heterocycles. The maximum absolute atomic E-state index is 11.5. The molecule has 1 rings (SSSR count). The highest BCUT2D eigenvalue weighted by molar-refractivity contribution is 6.34. The summed E-state index contributed by atoms with van der Waals surface area (Å²) in [6.45, 7) is 4.01. The predicted octanol–water partition coefficient (Wildman–Crippen LogP) is 2.10. The van der Waals surface area contributed by atoms with Crippen LogP contribution in [0.1, 0.15) is 22.8 Å². The van der Waals surface area contributed by atoms with E-state index in [0.717, 1.165) is 0 Å². The molecule has 0 fully saturated rings. The highest BCUT2D eigenvalue weighted by Crippen LogP contribution is 2.26. The minimum atomic E-state index is -0.258. The van der Waals surface area contributed by atoms with Gasteiger partial charge in [0.05, 0.1) is 10.6 Å². The molecule has 1 aromatic carbocycles. The first kappa shape index (κ1) is 10.9. The third-order valence-corrected chi connectivity index (χ3v) is 2.26. The number of hydrogen-bond acceptors (Lipinski definition) is 2. The molecule has 14 heavy (non-hydrogen) atoms. The van der Waals surface area contributed by atoms with Crippen molar-refractivity contribution in [3.05, 3.63) is 28.3 Å². The number of halogens is 1. The topological polar surface area (TPSA) is 49.3 Å². The van der Waals surface area contributed by atoms with Crippen molar-refractivity contribution in [1.82, 2.24) is 5.32 Å². The molecule has 0 saturated carbocycles. The first-order valence-corrected chi connectivity index (χ1v) is 4.72. The van der Waals surface area contributed by atoms with Crippen molar-refractivity contribution in [1.29, 1.82) is 0 Å². The van der Waals surface area contributed by atoms with Gasteiger partial charge in [-0.25, -0.2) is 0 Å². The smallest absolute Gasteiger partial charge is 0.253 e. The number of carbonyl (C=O) groups is 1. The Morgan fingerprint density at radius 2 is 2.21 bits per heavy atom. The zero-order valence-corrected chi connectivity index (χ0v) is 8.85. The Hall–Kier alpha value is -1.22. The van der Waals surface area contributed by atoms with E-state index >= 15 is 0 Å². The van der Waals surface area contributed by atoms with Gasteiger partial charge in [0, 0.05) is 12.1 Å². The lowest BCUT2D eigenvalue weighted by atomic mass is 10.1.